The number of nitrogens with zero attached hydrogens (tertiary/aromatic N) is 1. The zero-order chi connectivity index (χ0) is 13.4. The van der Waals surface area contributed by atoms with E-state index in [0.717, 1.165) is 11.1 Å². The van der Waals surface area contributed by atoms with Crippen LogP contribution < -0.4 is 0 Å². The lowest BCUT2D eigenvalue weighted by Gasteiger charge is -2.18. The van der Waals surface area contributed by atoms with Gasteiger partial charge in [0.2, 0.25) is 5.91 Å². The highest BCUT2D eigenvalue weighted by molar-refractivity contribution is 5.91. The van der Waals surface area contributed by atoms with Crippen molar-refractivity contribution in [2.75, 3.05) is 26.3 Å². The SMILES string of the molecule is Cc1cccc(/C=C/C(=O)N(CCO)CCO)c1. The number of aliphatic hydroxyl groups is 2. The molecule has 4 nitrogen and oxygen atoms in total. The molecule has 4 heteroatoms. The summed E-state index contributed by atoms with van der Waals surface area (Å²) in [5.41, 5.74) is 2.09. The fraction of sp³-hybridized carbons (Fsp3) is 0.357. The highest BCUT2D eigenvalue weighted by Gasteiger charge is 2.08. The van der Waals surface area contributed by atoms with Gasteiger partial charge < -0.3 is 15.1 Å². The molecule has 0 fully saturated rings. The van der Waals surface area contributed by atoms with Gasteiger partial charge >= 0.3 is 0 Å². The predicted molar refractivity (Wildman–Crippen MR) is 71.0 cm³/mol. The van der Waals surface area contributed by atoms with Gasteiger partial charge in [0.05, 0.1) is 13.2 Å². The van der Waals surface area contributed by atoms with Gasteiger partial charge in [0.15, 0.2) is 0 Å². The number of aryl methyl sites for hydroxylation is 1. The van der Waals surface area contributed by atoms with E-state index in [1.165, 1.54) is 11.0 Å². The van der Waals surface area contributed by atoms with Gasteiger partial charge in [-0.15, -0.1) is 0 Å². The van der Waals surface area contributed by atoms with Gasteiger partial charge in [-0.25, -0.2) is 0 Å². The molecule has 0 spiro atoms. The largest absolute Gasteiger partial charge is 0.395 e. The summed E-state index contributed by atoms with van der Waals surface area (Å²) >= 11 is 0. The van der Waals surface area contributed by atoms with Gasteiger partial charge in [-0.05, 0) is 18.6 Å². The summed E-state index contributed by atoms with van der Waals surface area (Å²) in [6.07, 6.45) is 3.19. The maximum absolute atomic E-state index is 11.8. The summed E-state index contributed by atoms with van der Waals surface area (Å²) in [7, 11) is 0. The summed E-state index contributed by atoms with van der Waals surface area (Å²) in [4.78, 5) is 13.2. The molecule has 0 heterocycles. The van der Waals surface area contributed by atoms with Crippen LogP contribution in [-0.2, 0) is 4.79 Å². The maximum Gasteiger partial charge on any atom is 0.246 e. The van der Waals surface area contributed by atoms with Crippen molar-refractivity contribution in [2.24, 2.45) is 0 Å². The van der Waals surface area contributed by atoms with Crippen molar-refractivity contribution in [3.8, 4) is 0 Å². The molecule has 1 amide bonds. The number of benzene rings is 1. The van der Waals surface area contributed by atoms with Crippen LogP contribution in [0.4, 0.5) is 0 Å². The standard InChI is InChI=1S/C14H19NO3/c1-12-3-2-4-13(11-12)5-6-14(18)15(7-9-16)8-10-17/h2-6,11,16-17H,7-10H2,1H3/b6-5+. The van der Waals surface area contributed by atoms with E-state index in [2.05, 4.69) is 0 Å². The second kappa shape index (κ2) is 7.63. The molecule has 0 atom stereocenters. The Morgan fingerprint density at radius 3 is 2.50 bits per heavy atom. The van der Waals surface area contributed by atoms with Crippen molar-refractivity contribution in [3.05, 3.63) is 41.5 Å². The highest BCUT2D eigenvalue weighted by atomic mass is 16.3. The molecule has 0 aliphatic heterocycles. The lowest BCUT2D eigenvalue weighted by Crippen LogP contribution is -2.34. The van der Waals surface area contributed by atoms with Crippen LogP contribution in [0.2, 0.25) is 0 Å². The first-order valence-corrected chi connectivity index (χ1v) is 5.92. The fourth-order valence-corrected chi connectivity index (χ4v) is 1.62. The first kappa shape index (κ1) is 14.4. The number of carbonyl (C=O) groups excluding carboxylic acids is 1. The van der Waals surface area contributed by atoms with Gasteiger partial charge in [-0.2, -0.15) is 0 Å². The van der Waals surface area contributed by atoms with E-state index in [-0.39, 0.29) is 32.2 Å². The third-order valence-electron chi connectivity index (χ3n) is 2.51. The van der Waals surface area contributed by atoms with E-state index in [1.807, 2.05) is 31.2 Å². The third-order valence-corrected chi connectivity index (χ3v) is 2.51. The average molecular weight is 249 g/mol. The topological polar surface area (TPSA) is 60.8 Å². The number of hydrogen-bond acceptors (Lipinski definition) is 3. The smallest absolute Gasteiger partial charge is 0.246 e. The molecule has 1 aromatic rings. The quantitative estimate of drug-likeness (QED) is 0.734. The average Bonchev–Trinajstić information content (AvgIpc) is 2.36. The van der Waals surface area contributed by atoms with E-state index in [9.17, 15) is 4.79 Å². The lowest BCUT2D eigenvalue weighted by molar-refractivity contribution is -0.126. The van der Waals surface area contributed by atoms with Crippen molar-refractivity contribution in [3.63, 3.8) is 0 Å². The van der Waals surface area contributed by atoms with Crippen LogP contribution in [0.5, 0.6) is 0 Å². The van der Waals surface area contributed by atoms with Crippen LogP contribution in [0.1, 0.15) is 11.1 Å². The van der Waals surface area contributed by atoms with Crippen molar-refractivity contribution in [1.29, 1.82) is 0 Å². The van der Waals surface area contributed by atoms with Gasteiger partial charge in [0.1, 0.15) is 0 Å². The predicted octanol–water partition coefficient (Wildman–Crippen LogP) is 0.821. The molecule has 0 aliphatic rings. The molecule has 0 saturated heterocycles. The van der Waals surface area contributed by atoms with E-state index in [4.69, 9.17) is 10.2 Å². The Labute approximate surface area is 107 Å². The fourth-order valence-electron chi connectivity index (χ4n) is 1.62. The molecular formula is C14H19NO3. The van der Waals surface area contributed by atoms with Crippen LogP contribution in [0.15, 0.2) is 30.3 Å². The molecule has 0 aromatic heterocycles. The van der Waals surface area contributed by atoms with Crippen LogP contribution >= 0.6 is 0 Å². The van der Waals surface area contributed by atoms with Gasteiger partial charge in [-0.1, -0.05) is 29.8 Å². The number of carbonyl (C=O) groups is 1. The zero-order valence-corrected chi connectivity index (χ0v) is 10.5. The minimum atomic E-state index is -0.209. The second-order valence-electron chi connectivity index (χ2n) is 4.02. The number of amides is 1. The monoisotopic (exact) mass is 249 g/mol. The molecule has 0 bridgehead atoms. The van der Waals surface area contributed by atoms with Gasteiger partial charge in [0, 0.05) is 19.2 Å². The summed E-state index contributed by atoms with van der Waals surface area (Å²) in [6.45, 7) is 2.24. The van der Waals surface area contributed by atoms with Crippen LogP contribution in [0.25, 0.3) is 6.08 Å². The summed E-state index contributed by atoms with van der Waals surface area (Å²) in [6, 6.07) is 7.81. The number of rotatable bonds is 6. The lowest BCUT2D eigenvalue weighted by atomic mass is 10.1. The molecule has 0 unspecified atom stereocenters. The summed E-state index contributed by atoms with van der Waals surface area (Å²) in [5, 5.41) is 17.7. The third kappa shape index (κ3) is 4.69. The van der Waals surface area contributed by atoms with Crippen molar-refractivity contribution in [2.45, 2.75) is 6.92 Å². The van der Waals surface area contributed by atoms with Gasteiger partial charge in [-0.3, -0.25) is 4.79 Å². The van der Waals surface area contributed by atoms with E-state index >= 15 is 0 Å². The molecule has 0 radical (unpaired) electrons. The van der Waals surface area contributed by atoms with Crippen LogP contribution in [0, 0.1) is 6.92 Å². The molecule has 2 N–H and O–H groups in total. The maximum atomic E-state index is 11.8. The van der Waals surface area contributed by atoms with Crippen LogP contribution in [-0.4, -0.2) is 47.3 Å². The van der Waals surface area contributed by atoms with Gasteiger partial charge in [0.25, 0.3) is 0 Å². The van der Waals surface area contributed by atoms with E-state index in [1.54, 1.807) is 6.08 Å². The zero-order valence-electron chi connectivity index (χ0n) is 10.5. The molecule has 1 rings (SSSR count). The van der Waals surface area contributed by atoms with Crippen molar-refractivity contribution in [1.82, 2.24) is 4.90 Å². The Kier molecular flexibility index (Phi) is 6.11. The first-order chi connectivity index (χ1) is 8.67. The van der Waals surface area contributed by atoms with Crippen molar-refractivity contribution < 1.29 is 15.0 Å². The molecule has 0 saturated carbocycles. The first-order valence-electron chi connectivity index (χ1n) is 5.92. The summed E-state index contributed by atoms with van der Waals surface area (Å²) in [5.74, 6) is -0.209. The number of aliphatic hydroxyl groups excluding tert-OH is 2. The molecule has 0 aliphatic carbocycles. The Hall–Kier alpha value is -1.65. The second-order valence-corrected chi connectivity index (χ2v) is 4.02. The van der Waals surface area contributed by atoms with E-state index in [0.29, 0.717) is 0 Å². The highest BCUT2D eigenvalue weighted by Crippen LogP contribution is 2.06. The van der Waals surface area contributed by atoms with Crippen molar-refractivity contribution >= 4 is 12.0 Å². The summed E-state index contributed by atoms with van der Waals surface area (Å²) < 4.78 is 0. The molecule has 98 valence electrons. The normalized spacial score (nSPS) is 10.8. The van der Waals surface area contributed by atoms with E-state index < -0.39 is 0 Å². The number of hydrogen-bond donors (Lipinski definition) is 2. The molecular weight excluding hydrogens is 230 g/mol. The molecule has 1 aromatic carbocycles. The minimum absolute atomic E-state index is 0.107. The Morgan fingerprint density at radius 2 is 1.94 bits per heavy atom. The Bertz CT molecular complexity index is 409. The van der Waals surface area contributed by atoms with Crippen LogP contribution in [0.3, 0.4) is 0 Å². The minimum Gasteiger partial charge on any atom is -0.395 e. The Balaban J connectivity index is 2.67. The molecule has 18 heavy (non-hydrogen) atoms. The Morgan fingerprint density at radius 1 is 1.28 bits per heavy atom.